The van der Waals surface area contributed by atoms with Crippen molar-refractivity contribution < 1.29 is 4.74 Å². The van der Waals surface area contributed by atoms with E-state index in [0.717, 1.165) is 21.3 Å². The van der Waals surface area contributed by atoms with Gasteiger partial charge >= 0.3 is 0 Å². The van der Waals surface area contributed by atoms with Gasteiger partial charge in [0, 0.05) is 5.69 Å². The first-order valence-electron chi connectivity index (χ1n) is 5.74. The van der Waals surface area contributed by atoms with E-state index in [-0.39, 0.29) is 5.95 Å². The average molecular weight is 335 g/mol. The predicted molar refractivity (Wildman–Crippen MR) is 80.1 cm³/mol. The maximum Gasteiger partial charge on any atom is 0.224 e. The number of H-pyrrole nitrogens is 1. The summed E-state index contributed by atoms with van der Waals surface area (Å²) in [5.74, 6) is 1.53. The molecular weight excluding hydrogens is 324 g/mol. The minimum atomic E-state index is 0.178. The number of anilines is 3. The highest BCUT2D eigenvalue weighted by atomic mass is 79.9. The molecule has 0 saturated heterocycles. The van der Waals surface area contributed by atoms with Crippen molar-refractivity contribution in [1.82, 2.24) is 20.2 Å². The molecule has 4 N–H and O–H groups in total. The van der Waals surface area contributed by atoms with Crippen LogP contribution in [-0.2, 0) is 0 Å². The second kappa shape index (κ2) is 4.97. The van der Waals surface area contributed by atoms with Gasteiger partial charge in [-0.3, -0.25) is 5.10 Å². The number of fused-ring (bicyclic) bond motifs is 1. The van der Waals surface area contributed by atoms with Crippen molar-refractivity contribution in [2.45, 2.75) is 0 Å². The largest absolute Gasteiger partial charge is 0.496 e. The monoisotopic (exact) mass is 334 g/mol. The molecule has 0 saturated carbocycles. The third kappa shape index (κ3) is 2.25. The van der Waals surface area contributed by atoms with Gasteiger partial charge in [-0.2, -0.15) is 15.1 Å². The summed E-state index contributed by atoms with van der Waals surface area (Å²) in [7, 11) is 1.62. The zero-order valence-electron chi connectivity index (χ0n) is 10.5. The first-order chi connectivity index (χ1) is 9.67. The Hall–Kier alpha value is -2.35. The third-order valence-corrected chi connectivity index (χ3v) is 3.36. The van der Waals surface area contributed by atoms with Gasteiger partial charge in [-0.15, -0.1) is 0 Å². The lowest BCUT2D eigenvalue weighted by Crippen LogP contribution is -2.01. The minimum Gasteiger partial charge on any atom is -0.496 e. The fraction of sp³-hybridized carbons (Fsp3) is 0.0833. The highest BCUT2D eigenvalue weighted by Crippen LogP contribution is 2.30. The summed E-state index contributed by atoms with van der Waals surface area (Å²) in [5, 5.41) is 10.7. The van der Waals surface area contributed by atoms with Crippen LogP contribution < -0.4 is 15.8 Å². The second-order valence-electron chi connectivity index (χ2n) is 4.04. The Morgan fingerprint density at radius 2 is 2.20 bits per heavy atom. The van der Waals surface area contributed by atoms with Gasteiger partial charge in [-0.05, 0) is 34.1 Å². The fourth-order valence-electron chi connectivity index (χ4n) is 1.83. The number of ether oxygens (including phenoxy) is 1. The van der Waals surface area contributed by atoms with Gasteiger partial charge in [0.1, 0.15) is 11.6 Å². The van der Waals surface area contributed by atoms with E-state index in [0.29, 0.717) is 11.5 Å². The molecule has 0 aliphatic carbocycles. The number of nitrogens with one attached hydrogen (secondary N) is 2. The van der Waals surface area contributed by atoms with E-state index in [1.807, 2.05) is 18.2 Å². The molecule has 2 aromatic heterocycles. The van der Waals surface area contributed by atoms with Crippen molar-refractivity contribution in [3.05, 3.63) is 28.9 Å². The van der Waals surface area contributed by atoms with E-state index >= 15 is 0 Å². The molecule has 3 rings (SSSR count). The molecule has 0 atom stereocenters. The topological polar surface area (TPSA) is 102 Å². The molecule has 2 heterocycles. The van der Waals surface area contributed by atoms with Crippen molar-refractivity contribution in [2.24, 2.45) is 0 Å². The fourth-order valence-corrected chi connectivity index (χ4v) is 2.37. The van der Waals surface area contributed by atoms with E-state index in [2.05, 4.69) is 41.4 Å². The first kappa shape index (κ1) is 12.7. The quantitative estimate of drug-likeness (QED) is 0.680. The molecule has 0 spiro atoms. The zero-order valence-corrected chi connectivity index (χ0v) is 12.1. The zero-order chi connectivity index (χ0) is 14.1. The van der Waals surface area contributed by atoms with Crippen LogP contribution in [0.3, 0.4) is 0 Å². The van der Waals surface area contributed by atoms with Gasteiger partial charge in [0.2, 0.25) is 5.95 Å². The van der Waals surface area contributed by atoms with Crippen LogP contribution in [0.2, 0.25) is 0 Å². The number of aromatic nitrogens is 4. The maximum atomic E-state index is 5.67. The lowest BCUT2D eigenvalue weighted by molar-refractivity contribution is 0.412. The van der Waals surface area contributed by atoms with Crippen molar-refractivity contribution in [2.75, 3.05) is 18.2 Å². The number of methoxy groups -OCH3 is 1. The van der Waals surface area contributed by atoms with Gasteiger partial charge < -0.3 is 15.8 Å². The van der Waals surface area contributed by atoms with Crippen molar-refractivity contribution in [3.63, 3.8) is 0 Å². The Balaban J connectivity index is 2.00. The van der Waals surface area contributed by atoms with Gasteiger partial charge in [0.25, 0.3) is 0 Å². The highest BCUT2D eigenvalue weighted by Gasteiger charge is 2.09. The summed E-state index contributed by atoms with van der Waals surface area (Å²) in [4.78, 5) is 8.25. The minimum absolute atomic E-state index is 0.178. The molecule has 3 aromatic rings. The third-order valence-electron chi connectivity index (χ3n) is 2.74. The van der Waals surface area contributed by atoms with E-state index in [1.165, 1.54) is 0 Å². The molecule has 1 aromatic carbocycles. The van der Waals surface area contributed by atoms with E-state index in [9.17, 15) is 0 Å². The molecule has 0 fully saturated rings. The predicted octanol–water partition coefficient (Wildman–Crippen LogP) is 2.45. The number of hydrogen-bond donors (Lipinski definition) is 3. The number of nitrogen functional groups attached to an aromatic ring is 1. The molecule has 0 aliphatic rings. The summed E-state index contributed by atoms with van der Waals surface area (Å²) in [6, 6.07) is 5.63. The standard InChI is InChI=1S/C12H11BrN6O/c1-20-9-3-2-6(4-8(9)13)16-10-7-5-15-19-11(7)18-12(14)17-10/h2-5H,1H3,(H4,14,15,16,17,18,19). The SMILES string of the molecule is COc1ccc(Nc2nc(N)nc3[nH]ncc23)cc1Br. The summed E-state index contributed by atoms with van der Waals surface area (Å²) in [6.45, 7) is 0. The summed E-state index contributed by atoms with van der Waals surface area (Å²) in [5.41, 5.74) is 7.11. The van der Waals surface area contributed by atoms with Gasteiger partial charge in [-0.25, -0.2) is 0 Å². The molecule has 0 bridgehead atoms. The second-order valence-corrected chi connectivity index (χ2v) is 4.89. The van der Waals surface area contributed by atoms with Gasteiger partial charge in [0.15, 0.2) is 5.65 Å². The number of nitrogens with two attached hydrogens (primary N) is 1. The molecule has 0 aliphatic heterocycles. The van der Waals surface area contributed by atoms with Gasteiger partial charge in [-0.1, -0.05) is 0 Å². The number of rotatable bonds is 3. The van der Waals surface area contributed by atoms with Crippen LogP contribution >= 0.6 is 15.9 Å². The van der Waals surface area contributed by atoms with E-state index < -0.39 is 0 Å². The van der Waals surface area contributed by atoms with Crippen LogP contribution in [0.4, 0.5) is 17.5 Å². The van der Waals surface area contributed by atoms with Gasteiger partial charge in [0.05, 0.1) is 23.2 Å². The van der Waals surface area contributed by atoms with Crippen LogP contribution in [0.25, 0.3) is 11.0 Å². The lowest BCUT2D eigenvalue weighted by Gasteiger charge is -2.09. The Labute approximate surface area is 122 Å². The smallest absolute Gasteiger partial charge is 0.224 e. The molecule has 8 heteroatoms. The number of halogens is 1. The summed E-state index contributed by atoms with van der Waals surface area (Å²) < 4.78 is 6.03. The molecular formula is C12H11BrN6O. The first-order valence-corrected chi connectivity index (χ1v) is 6.54. The summed E-state index contributed by atoms with van der Waals surface area (Å²) >= 11 is 3.44. The van der Waals surface area contributed by atoms with Crippen LogP contribution in [0.5, 0.6) is 5.75 Å². The van der Waals surface area contributed by atoms with Crippen molar-refractivity contribution in [3.8, 4) is 5.75 Å². The normalized spacial score (nSPS) is 10.7. The number of aromatic amines is 1. The van der Waals surface area contributed by atoms with E-state index in [1.54, 1.807) is 13.3 Å². The molecule has 7 nitrogen and oxygen atoms in total. The number of benzene rings is 1. The number of nitrogens with zero attached hydrogens (tertiary/aromatic N) is 3. The van der Waals surface area contributed by atoms with Crippen LogP contribution in [0.15, 0.2) is 28.9 Å². The molecule has 102 valence electrons. The molecule has 0 amide bonds. The molecule has 0 unspecified atom stereocenters. The molecule has 0 radical (unpaired) electrons. The van der Waals surface area contributed by atoms with Crippen molar-refractivity contribution in [1.29, 1.82) is 0 Å². The van der Waals surface area contributed by atoms with Crippen LogP contribution in [-0.4, -0.2) is 27.3 Å². The summed E-state index contributed by atoms with van der Waals surface area (Å²) in [6.07, 6.45) is 1.65. The Bertz CT molecular complexity index is 772. The highest BCUT2D eigenvalue weighted by molar-refractivity contribution is 9.10. The van der Waals surface area contributed by atoms with Crippen molar-refractivity contribution >= 4 is 44.4 Å². The Morgan fingerprint density at radius 1 is 1.35 bits per heavy atom. The van der Waals surface area contributed by atoms with Crippen LogP contribution in [0, 0.1) is 0 Å². The average Bonchev–Trinajstić information content (AvgIpc) is 2.87. The maximum absolute atomic E-state index is 5.67. The molecule has 20 heavy (non-hydrogen) atoms. The Morgan fingerprint density at radius 3 is 2.95 bits per heavy atom. The van der Waals surface area contributed by atoms with E-state index in [4.69, 9.17) is 10.5 Å². The number of hydrogen-bond acceptors (Lipinski definition) is 6. The Kier molecular flexibility index (Phi) is 3.15. The van der Waals surface area contributed by atoms with Crippen LogP contribution in [0.1, 0.15) is 0 Å². The lowest BCUT2D eigenvalue weighted by atomic mass is 10.3.